The van der Waals surface area contributed by atoms with E-state index in [2.05, 4.69) is 22.8 Å². The number of benzene rings is 2. The van der Waals surface area contributed by atoms with Crippen molar-refractivity contribution in [2.45, 2.75) is 38.1 Å². The molecule has 2 aromatic rings. The van der Waals surface area contributed by atoms with Crippen molar-refractivity contribution in [1.29, 1.82) is 0 Å². The third-order valence-corrected chi connectivity index (χ3v) is 5.19. The maximum absolute atomic E-state index is 12.2. The highest BCUT2D eigenvalue weighted by Gasteiger charge is 2.29. The molecular formula is C23H26N2O5. The van der Waals surface area contributed by atoms with Gasteiger partial charge in [-0.3, -0.25) is 9.59 Å². The first-order valence-electron chi connectivity index (χ1n) is 10.1. The number of fused-ring (bicyclic) bond motifs is 3. The quantitative estimate of drug-likeness (QED) is 0.550. The maximum Gasteiger partial charge on any atom is 0.407 e. The van der Waals surface area contributed by atoms with Crippen molar-refractivity contribution in [1.82, 2.24) is 10.6 Å². The first kappa shape index (κ1) is 21.4. The second-order valence-electron chi connectivity index (χ2n) is 7.33. The van der Waals surface area contributed by atoms with Gasteiger partial charge in [-0.05, 0) is 42.0 Å². The number of ether oxygens (including phenoxy) is 1. The number of hydrogen-bond acceptors (Lipinski definition) is 4. The van der Waals surface area contributed by atoms with Crippen molar-refractivity contribution < 1.29 is 24.2 Å². The van der Waals surface area contributed by atoms with Crippen LogP contribution in [0, 0.1) is 0 Å². The molecule has 7 nitrogen and oxygen atoms in total. The average Bonchev–Trinajstić information content (AvgIpc) is 3.05. The highest BCUT2D eigenvalue weighted by molar-refractivity contribution is 5.85. The van der Waals surface area contributed by atoms with E-state index in [9.17, 15) is 14.4 Å². The van der Waals surface area contributed by atoms with E-state index in [4.69, 9.17) is 9.84 Å². The number of unbranched alkanes of at least 4 members (excludes halogenated alkanes) is 1. The predicted octanol–water partition coefficient (Wildman–Crippen LogP) is 3.28. The van der Waals surface area contributed by atoms with Crippen LogP contribution in [0.1, 0.15) is 43.2 Å². The van der Waals surface area contributed by atoms with Crippen LogP contribution in [0.15, 0.2) is 48.5 Å². The van der Waals surface area contributed by atoms with E-state index in [0.717, 1.165) is 22.3 Å². The fraction of sp³-hybridized carbons (Fsp3) is 0.348. The molecule has 30 heavy (non-hydrogen) atoms. The molecule has 2 aromatic carbocycles. The number of rotatable bonds is 9. The van der Waals surface area contributed by atoms with E-state index in [1.807, 2.05) is 36.4 Å². The van der Waals surface area contributed by atoms with Gasteiger partial charge in [-0.15, -0.1) is 0 Å². The zero-order valence-electron chi connectivity index (χ0n) is 16.9. The Morgan fingerprint density at radius 2 is 1.60 bits per heavy atom. The lowest BCUT2D eigenvalue weighted by Gasteiger charge is -2.17. The van der Waals surface area contributed by atoms with Gasteiger partial charge in [-0.25, -0.2) is 4.79 Å². The normalized spacial score (nSPS) is 13.1. The zero-order chi connectivity index (χ0) is 21.5. The Hall–Kier alpha value is -3.35. The van der Waals surface area contributed by atoms with Gasteiger partial charge in [0.1, 0.15) is 12.6 Å². The van der Waals surface area contributed by atoms with E-state index in [-0.39, 0.29) is 24.9 Å². The summed E-state index contributed by atoms with van der Waals surface area (Å²) in [4.78, 5) is 34.7. The molecule has 0 bridgehead atoms. The van der Waals surface area contributed by atoms with Gasteiger partial charge in [-0.2, -0.15) is 0 Å². The van der Waals surface area contributed by atoms with Crippen LogP contribution in [0.25, 0.3) is 11.1 Å². The monoisotopic (exact) mass is 410 g/mol. The van der Waals surface area contributed by atoms with Crippen LogP contribution in [0.4, 0.5) is 4.79 Å². The first-order chi connectivity index (χ1) is 14.5. The molecule has 158 valence electrons. The summed E-state index contributed by atoms with van der Waals surface area (Å²) >= 11 is 0. The summed E-state index contributed by atoms with van der Waals surface area (Å²) in [7, 11) is 0. The second kappa shape index (κ2) is 9.91. The van der Waals surface area contributed by atoms with Crippen LogP contribution >= 0.6 is 0 Å². The Morgan fingerprint density at radius 3 is 2.20 bits per heavy atom. The molecule has 0 aromatic heterocycles. The van der Waals surface area contributed by atoms with Crippen molar-refractivity contribution in [3.8, 4) is 11.1 Å². The Bertz CT molecular complexity index is 882. The van der Waals surface area contributed by atoms with Gasteiger partial charge in [0.05, 0.1) is 0 Å². The van der Waals surface area contributed by atoms with Gasteiger partial charge in [0, 0.05) is 18.9 Å². The summed E-state index contributed by atoms with van der Waals surface area (Å²) < 4.78 is 5.43. The number of alkyl carbamates (subject to hydrolysis) is 1. The summed E-state index contributed by atoms with van der Waals surface area (Å²) in [5.41, 5.74) is 4.55. The number of nitrogens with one attached hydrogen (secondary N) is 2. The molecule has 1 atom stereocenters. The standard InChI is InChI=1S/C23H26N2O5/c1-15(22(28)24-13-7-6-12-21(26)27)25-23(29)30-14-20-18-10-4-2-8-16(18)17-9-3-5-11-19(17)20/h2-5,8-11,15,20H,6-7,12-14H2,1H3,(H,24,28)(H,25,29)(H,26,27). The molecule has 0 radical (unpaired) electrons. The Balaban J connectivity index is 1.48. The van der Waals surface area contributed by atoms with Crippen LogP contribution in [-0.2, 0) is 14.3 Å². The summed E-state index contributed by atoms with van der Waals surface area (Å²) in [5, 5.41) is 13.8. The van der Waals surface area contributed by atoms with Gasteiger partial charge >= 0.3 is 12.1 Å². The maximum atomic E-state index is 12.2. The average molecular weight is 410 g/mol. The number of aliphatic carboxylic acids is 1. The summed E-state index contributed by atoms with van der Waals surface area (Å²) in [6.07, 6.45) is 0.480. The molecule has 3 rings (SSSR count). The summed E-state index contributed by atoms with van der Waals surface area (Å²) in [6.45, 7) is 2.13. The van der Waals surface area contributed by atoms with E-state index in [1.165, 1.54) is 0 Å². The minimum atomic E-state index is -0.855. The van der Waals surface area contributed by atoms with E-state index in [1.54, 1.807) is 6.92 Å². The molecule has 2 amide bonds. The molecule has 0 spiro atoms. The van der Waals surface area contributed by atoms with Gasteiger partial charge in [0.2, 0.25) is 5.91 Å². The van der Waals surface area contributed by atoms with E-state index in [0.29, 0.717) is 19.4 Å². The molecule has 0 aliphatic heterocycles. The van der Waals surface area contributed by atoms with Gasteiger partial charge < -0.3 is 20.5 Å². The molecule has 0 heterocycles. The molecule has 0 saturated heterocycles. The van der Waals surface area contributed by atoms with Crippen molar-refractivity contribution in [3.63, 3.8) is 0 Å². The lowest BCUT2D eigenvalue weighted by Crippen LogP contribution is -2.45. The lowest BCUT2D eigenvalue weighted by molar-refractivity contribution is -0.137. The van der Waals surface area contributed by atoms with Crippen LogP contribution in [0.5, 0.6) is 0 Å². The van der Waals surface area contributed by atoms with Crippen molar-refractivity contribution in [3.05, 3.63) is 59.7 Å². The molecule has 0 saturated carbocycles. The van der Waals surface area contributed by atoms with Gasteiger partial charge in [0.15, 0.2) is 0 Å². The van der Waals surface area contributed by atoms with Crippen molar-refractivity contribution in [2.24, 2.45) is 0 Å². The number of carboxylic acids is 1. The van der Waals surface area contributed by atoms with Crippen LogP contribution in [0.3, 0.4) is 0 Å². The first-order valence-corrected chi connectivity index (χ1v) is 10.1. The minimum Gasteiger partial charge on any atom is -0.481 e. The zero-order valence-corrected chi connectivity index (χ0v) is 16.9. The molecule has 1 unspecified atom stereocenters. The SMILES string of the molecule is CC(NC(=O)OCC1c2ccccc2-c2ccccc21)C(=O)NCCCCC(=O)O. The van der Waals surface area contributed by atoms with E-state index >= 15 is 0 Å². The topological polar surface area (TPSA) is 105 Å². The van der Waals surface area contributed by atoms with Gasteiger partial charge in [-0.1, -0.05) is 48.5 Å². The van der Waals surface area contributed by atoms with Crippen LogP contribution in [-0.4, -0.2) is 42.3 Å². The molecule has 3 N–H and O–H groups in total. The fourth-order valence-corrected chi connectivity index (χ4v) is 3.65. The highest BCUT2D eigenvalue weighted by atomic mass is 16.5. The van der Waals surface area contributed by atoms with Crippen molar-refractivity contribution >= 4 is 18.0 Å². The highest BCUT2D eigenvalue weighted by Crippen LogP contribution is 2.44. The fourth-order valence-electron chi connectivity index (χ4n) is 3.65. The van der Waals surface area contributed by atoms with Gasteiger partial charge in [0.25, 0.3) is 0 Å². The number of carbonyl (C=O) groups is 3. The number of amides is 2. The van der Waals surface area contributed by atoms with Crippen LogP contribution in [0.2, 0.25) is 0 Å². The third kappa shape index (κ3) is 5.17. The second-order valence-corrected chi connectivity index (χ2v) is 7.33. The summed E-state index contributed by atoms with van der Waals surface area (Å²) in [6, 6.07) is 15.4. The number of carboxylic acid groups (broad SMARTS) is 1. The molecule has 0 fully saturated rings. The van der Waals surface area contributed by atoms with E-state index < -0.39 is 18.1 Å². The smallest absolute Gasteiger partial charge is 0.407 e. The molecule has 1 aliphatic rings. The summed E-state index contributed by atoms with van der Waals surface area (Å²) in [5.74, 6) is -1.23. The van der Waals surface area contributed by atoms with Crippen LogP contribution < -0.4 is 10.6 Å². The number of hydrogen-bond donors (Lipinski definition) is 3. The lowest BCUT2D eigenvalue weighted by atomic mass is 9.98. The third-order valence-electron chi connectivity index (χ3n) is 5.19. The Morgan fingerprint density at radius 1 is 1.00 bits per heavy atom. The minimum absolute atomic E-state index is 0.0403. The largest absolute Gasteiger partial charge is 0.481 e. The van der Waals surface area contributed by atoms with Crippen molar-refractivity contribution in [2.75, 3.05) is 13.2 Å². The predicted molar refractivity (Wildman–Crippen MR) is 112 cm³/mol. The molecular weight excluding hydrogens is 384 g/mol. The number of carbonyl (C=O) groups excluding carboxylic acids is 2. The molecule has 7 heteroatoms. The Kier molecular flexibility index (Phi) is 7.06. The molecule has 1 aliphatic carbocycles. The Labute approximate surface area is 175 Å².